The second-order valence-electron chi connectivity index (χ2n) is 5.62. The molecule has 3 heteroatoms. The Kier molecular flexibility index (Phi) is 3.94. The van der Waals surface area contributed by atoms with E-state index >= 15 is 0 Å². The zero-order valence-electron chi connectivity index (χ0n) is 13.3. The molecule has 0 bridgehead atoms. The number of aromatic nitrogens is 1. The molecule has 0 atom stereocenters. The number of rotatable bonds is 3. The number of carbonyl (C=O) groups is 1. The lowest BCUT2D eigenvalue weighted by atomic mass is 10.0. The van der Waals surface area contributed by atoms with Crippen molar-refractivity contribution in [2.45, 2.75) is 6.92 Å². The Morgan fingerprint density at radius 2 is 1.74 bits per heavy atom. The highest BCUT2D eigenvalue weighted by molar-refractivity contribution is 6.00. The first-order chi connectivity index (χ1) is 11.1. The third kappa shape index (κ3) is 2.99. The van der Waals surface area contributed by atoms with Crippen LogP contribution in [0.15, 0.2) is 54.6 Å². The average molecular weight is 303 g/mol. The summed E-state index contributed by atoms with van der Waals surface area (Å²) in [4.78, 5) is 12.1. The summed E-state index contributed by atoms with van der Waals surface area (Å²) < 4.78 is 2.06. The van der Waals surface area contributed by atoms with Gasteiger partial charge in [0, 0.05) is 23.2 Å². The summed E-state index contributed by atoms with van der Waals surface area (Å²) in [5, 5.41) is 1.06. The highest BCUT2D eigenvalue weighted by Gasteiger charge is 2.18. The number of nitrogens with two attached hydrogens (primary N) is 1. The molecule has 3 aromatic rings. The number of nitrogens with zero attached hydrogens (tertiary/aromatic N) is 1. The van der Waals surface area contributed by atoms with Crippen LogP contribution < -0.4 is 10.3 Å². The maximum atomic E-state index is 12.1. The Morgan fingerprint density at radius 3 is 2.43 bits per heavy atom. The number of nitrogen functional groups attached to an aromatic ring is 1. The first-order valence-corrected chi connectivity index (χ1v) is 7.52. The van der Waals surface area contributed by atoms with Crippen LogP contribution in [0, 0.1) is 0 Å². The molecule has 3 rings (SSSR count). The maximum absolute atomic E-state index is 12.1. The summed E-state index contributed by atoms with van der Waals surface area (Å²) in [6, 6.07) is 17.7. The van der Waals surface area contributed by atoms with Crippen molar-refractivity contribution < 1.29 is 9.36 Å². The SMILES string of the molecule is CC(=O)c1cc2ccccc2[n+](C)c1C=Cc1ccc(N)cc1. The van der Waals surface area contributed by atoms with Gasteiger partial charge in [0.2, 0.25) is 11.2 Å². The lowest BCUT2D eigenvalue weighted by Crippen LogP contribution is -2.34. The molecule has 0 aliphatic carbocycles. The number of carbonyl (C=O) groups excluding carboxylic acids is 1. The minimum atomic E-state index is 0.0586. The van der Waals surface area contributed by atoms with Crippen molar-refractivity contribution in [3.8, 4) is 0 Å². The number of anilines is 1. The number of fused-ring (bicyclic) bond motifs is 1. The summed E-state index contributed by atoms with van der Waals surface area (Å²) in [5.74, 6) is 0.0586. The van der Waals surface area contributed by atoms with E-state index < -0.39 is 0 Å². The molecule has 0 unspecified atom stereocenters. The number of benzene rings is 2. The number of pyridine rings is 1. The van der Waals surface area contributed by atoms with Gasteiger partial charge in [-0.2, -0.15) is 4.57 Å². The van der Waals surface area contributed by atoms with Crippen LogP contribution in [0.1, 0.15) is 28.5 Å². The van der Waals surface area contributed by atoms with Crippen LogP contribution in [-0.4, -0.2) is 5.78 Å². The number of aryl methyl sites for hydroxylation is 1. The summed E-state index contributed by atoms with van der Waals surface area (Å²) in [6.07, 6.45) is 3.98. The number of hydrogen-bond donors (Lipinski definition) is 1. The molecular formula is C20H19N2O+. The Labute approximate surface area is 135 Å². The van der Waals surface area contributed by atoms with Gasteiger partial charge in [-0.15, -0.1) is 0 Å². The van der Waals surface area contributed by atoms with Gasteiger partial charge in [-0.1, -0.05) is 24.3 Å². The monoisotopic (exact) mass is 303 g/mol. The van der Waals surface area contributed by atoms with Crippen molar-refractivity contribution >= 4 is 34.5 Å². The summed E-state index contributed by atoms with van der Waals surface area (Å²) in [6.45, 7) is 1.60. The fourth-order valence-electron chi connectivity index (χ4n) is 2.72. The van der Waals surface area contributed by atoms with Crippen molar-refractivity contribution in [3.63, 3.8) is 0 Å². The zero-order chi connectivity index (χ0) is 16.4. The maximum Gasteiger partial charge on any atom is 0.216 e. The van der Waals surface area contributed by atoms with Crippen LogP contribution in [0.2, 0.25) is 0 Å². The van der Waals surface area contributed by atoms with Gasteiger partial charge < -0.3 is 5.73 Å². The van der Waals surface area contributed by atoms with E-state index in [1.807, 2.05) is 67.7 Å². The van der Waals surface area contributed by atoms with E-state index in [1.165, 1.54) is 0 Å². The van der Waals surface area contributed by atoms with Gasteiger partial charge in [0.15, 0.2) is 5.78 Å². The van der Waals surface area contributed by atoms with E-state index in [4.69, 9.17) is 5.73 Å². The van der Waals surface area contributed by atoms with Gasteiger partial charge in [0.1, 0.15) is 7.05 Å². The quantitative estimate of drug-likeness (QED) is 0.456. The van der Waals surface area contributed by atoms with E-state index in [2.05, 4.69) is 10.6 Å². The normalized spacial score (nSPS) is 11.2. The average Bonchev–Trinajstić information content (AvgIpc) is 2.55. The molecule has 3 nitrogen and oxygen atoms in total. The van der Waals surface area contributed by atoms with Gasteiger partial charge in [-0.05, 0) is 42.8 Å². The van der Waals surface area contributed by atoms with Crippen LogP contribution in [0.3, 0.4) is 0 Å². The molecule has 0 aliphatic rings. The van der Waals surface area contributed by atoms with E-state index in [9.17, 15) is 4.79 Å². The van der Waals surface area contributed by atoms with Crippen LogP contribution in [0.4, 0.5) is 5.69 Å². The first-order valence-electron chi connectivity index (χ1n) is 7.52. The molecule has 0 saturated carbocycles. The van der Waals surface area contributed by atoms with Gasteiger partial charge >= 0.3 is 0 Å². The number of Topliss-reactive ketones (excluding diaryl/α,β-unsaturated/α-hetero) is 1. The van der Waals surface area contributed by atoms with Crippen LogP contribution in [0.5, 0.6) is 0 Å². The first kappa shape index (κ1) is 15.0. The molecule has 114 valence electrons. The topological polar surface area (TPSA) is 47.0 Å². The molecule has 2 N–H and O–H groups in total. The van der Waals surface area contributed by atoms with Crippen LogP contribution >= 0.6 is 0 Å². The van der Waals surface area contributed by atoms with Gasteiger partial charge in [0.25, 0.3) is 0 Å². The Bertz CT molecular complexity index is 909. The van der Waals surface area contributed by atoms with E-state index in [0.717, 1.165) is 33.4 Å². The van der Waals surface area contributed by atoms with Crippen molar-refractivity contribution in [1.29, 1.82) is 0 Å². The predicted molar refractivity (Wildman–Crippen MR) is 94.9 cm³/mol. The highest BCUT2D eigenvalue weighted by Crippen LogP contribution is 2.18. The molecule has 0 saturated heterocycles. The minimum Gasteiger partial charge on any atom is -0.399 e. The molecule has 1 aromatic heterocycles. The lowest BCUT2D eigenvalue weighted by Gasteiger charge is -2.05. The molecule has 0 spiro atoms. The van der Waals surface area contributed by atoms with Gasteiger partial charge in [-0.3, -0.25) is 4.79 Å². The molecule has 0 amide bonds. The predicted octanol–water partition coefficient (Wildman–Crippen LogP) is 3.62. The highest BCUT2D eigenvalue weighted by atomic mass is 16.1. The van der Waals surface area contributed by atoms with Crippen molar-refractivity contribution in [2.24, 2.45) is 7.05 Å². The van der Waals surface area contributed by atoms with Crippen molar-refractivity contribution in [2.75, 3.05) is 5.73 Å². The van der Waals surface area contributed by atoms with E-state index in [-0.39, 0.29) is 5.78 Å². The third-order valence-electron chi connectivity index (χ3n) is 3.98. The zero-order valence-corrected chi connectivity index (χ0v) is 13.3. The molecule has 23 heavy (non-hydrogen) atoms. The fraction of sp³-hybridized carbons (Fsp3) is 0.100. The molecule has 0 aliphatic heterocycles. The number of hydrogen-bond acceptors (Lipinski definition) is 2. The van der Waals surface area contributed by atoms with Crippen molar-refractivity contribution in [1.82, 2.24) is 0 Å². The molecular weight excluding hydrogens is 284 g/mol. The molecule has 1 heterocycles. The van der Waals surface area contributed by atoms with Crippen LogP contribution in [-0.2, 0) is 7.05 Å². The Morgan fingerprint density at radius 1 is 1.04 bits per heavy atom. The lowest BCUT2D eigenvalue weighted by molar-refractivity contribution is -0.646. The summed E-state index contributed by atoms with van der Waals surface area (Å²) in [5.41, 5.74) is 10.2. The second kappa shape index (κ2) is 6.05. The van der Waals surface area contributed by atoms with Gasteiger partial charge in [-0.25, -0.2) is 0 Å². The molecule has 2 aromatic carbocycles. The smallest absolute Gasteiger partial charge is 0.216 e. The second-order valence-corrected chi connectivity index (χ2v) is 5.62. The minimum absolute atomic E-state index is 0.0586. The van der Waals surface area contributed by atoms with E-state index in [0.29, 0.717) is 0 Å². The van der Waals surface area contributed by atoms with Crippen LogP contribution in [0.25, 0.3) is 23.1 Å². The van der Waals surface area contributed by atoms with E-state index in [1.54, 1.807) is 6.92 Å². The third-order valence-corrected chi connectivity index (χ3v) is 3.98. The Balaban J connectivity index is 2.15. The van der Waals surface area contributed by atoms with Crippen molar-refractivity contribution in [3.05, 3.63) is 71.4 Å². The standard InChI is InChI=1S/C20H18N2O/c1-14(23)18-13-16-5-3-4-6-19(16)22(2)20(18)12-9-15-7-10-17(21)11-8-15/h3-13,21H,1-2H3/p+1. The molecule has 0 radical (unpaired) electrons. The summed E-state index contributed by atoms with van der Waals surface area (Å²) >= 11 is 0. The summed E-state index contributed by atoms with van der Waals surface area (Å²) in [7, 11) is 1.98. The number of para-hydroxylation sites is 1. The van der Waals surface area contributed by atoms with Gasteiger partial charge in [0.05, 0.1) is 5.56 Å². The molecule has 0 fully saturated rings. The largest absolute Gasteiger partial charge is 0.399 e. The number of ketones is 1. The fourth-order valence-corrected chi connectivity index (χ4v) is 2.72. The Hall–Kier alpha value is -2.94.